The highest BCUT2D eigenvalue weighted by atomic mass is 32.2. The molecule has 1 aromatic heterocycles. The summed E-state index contributed by atoms with van der Waals surface area (Å²) in [5, 5.41) is 11.6. The number of para-hydroxylation sites is 1. The lowest BCUT2D eigenvalue weighted by Gasteiger charge is -2.06. The Bertz CT molecular complexity index is 1010. The second-order valence-corrected chi connectivity index (χ2v) is 6.71. The Balaban J connectivity index is 2.04. The summed E-state index contributed by atoms with van der Waals surface area (Å²) in [6, 6.07) is 12.3. The zero-order chi connectivity index (χ0) is 16.6. The largest absolute Gasteiger partial charge is 0.348 e. The number of nitrogens with one attached hydrogen (secondary N) is 1. The van der Waals surface area contributed by atoms with E-state index in [0.29, 0.717) is 5.69 Å². The SMILES string of the molecule is Cn1cc(NS(=O)(=O)c2cccc([N+](=O)[O-])c2)c2ccccc21. The topological polar surface area (TPSA) is 94.2 Å². The molecule has 8 heteroatoms. The van der Waals surface area contributed by atoms with Gasteiger partial charge >= 0.3 is 0 Å². The van der Waals surface area contributed by atoms with Crippen LogP contribution in [0.15, 0.2) is 59.6 Å². The molecular weight excluding hydrogens is 318 g/mol. The lowest BCUT2D eigenvalue weighted by molar-refractivity contribution is -0.385. The van der Waals surface area contributed by atoms with Crippen molar-refractivity contribution >= 4 is 32.3 Å². The maximum atomic E-state index is 12.5. The normalized spacial score (nSPS) is 11.5. The third kappa shape index (κ3) is 2.76. The Labute approximate surface area is 132 Å². The molecule has 0 radical (unpaired) electrons. The molecule has 1 N–H and O–H groups in total. The summed E-state index contributed by atoms with van der Waals surface area (Å²) < 4.78 is 29.3. The molecule has 3 aromatic rings. The number of fused-ring (bicyclic) bond motifs is 1. The molecule has 0 aliphatic rings. The van der Waals surface area contributed by atoms with Crippen LogP contribution in [0.4, 0.5) is 11.4 Å². The van der Waals surface area contributed by atoms with Crippen molar-refractivity contribution in [2.45, 2.75) is 4.90 Å². The third-order valence-electron chi connectivity index (χ3n) is 3.48. The van der Waals surface area contributed by atoms with E-state index < -0.39 is 14.9 Å². The zero-order valence-corrected chi connectivity index (χ0v) is 12.9. The molecule has 0 atom stereocenters. The van der Waals surface area contributed by atoms with Gasteiger partial charge in [0.2, 0.25) is 0 Å². The first-order valence-electron chi connectivity index (χ1n) is 6.70. The average Bonchev–Trinajstić information content (AvgIpc) is 2.83. The van der Waals surface area contributed by atoms with Crippen LogP contribution in [-0.4, -0.2) is 17.9 Å². The Morgan fingerprint density at radius 2 is 1.87 bits per heavy atom. The number of benzene rings is 2. The van der Waals surface area contributed by atoms with E-state index in [1.165, 1.54) is 18.2 Å². The van der Waals surface area contributed by atoms with E-state index in [-0.39, 0.29) is 10.6 Å². The lowest BCUT2D eigenvalue weighted by Crippen LogP contribution is -2.12. The summed E-state index contributed by atoms with van der Waals surface area (Å²) in [6.45, 7) is 0. The molecule has 2 aromatic carbocycles. The van der Waals surface area contributed by atoms with E-state index in [4.69, 9.17) is 0 Å². The second-order valence-electron chi connectivity index (χ2n) is 5.03. The van der Waals surface area contributed by atoms with Gasteiger partial charge in [-0.25, -0.2) is 8.42 Å². The van der Waals surface area contributed by atoms with Gasteiger partial charge in [-0.3, -0.25) is 14.8 Å². The van der Waals surface area contributed by atoms with Gasteiger partial charge in [-0.1, -0.05) is 24.3 Å². The van der Waals surface area contributed by atoms with Crippen LogP contribution in [0.25, 0.3) is 10.9 Å². The minimum atomic E-state index is -3.92. The van der Waals surface area contributed by atoms with E-state index in [9.17, 15) is 18.5 Å². The van der Waals surface area contributed by atoms with Gasteiger partial charge in [0.15, 0.2) is 0 Å². The Kier molecular flexibility index (Phi) is 3.53. The van der Waals surface area contributed by atoms with Gasteiger partial charge in [0.25, 0.3) is 15.7 Å². The molecular formula is C15H13N3O4S. The number of sulfonamides is 1. The van der Waals surface area contributed by atoms with E-state index >= 15 is 0 Å². The van der Waals surface area contributed by atoms with Crippen molar-refractivity contribution < 1.29 is 13.3 Å². The van der Waals surface area contributed by atoms with Crippen molar-refractivity contribution in [1.82, 2.24) is 4.57 Å². The minimum absolute atomic E-state index is 0.153. The fourth-order valence-corrected chi connectivity index (χ4v) is 3.49. The predicted molar refractivity (Wildman–Crippen MR) is 86.8 cm³/mol. The molecule has 7 nitrogen and oxygen atoms in total. The van der Waals surface area contributed by atoms with Crippen LogP contribution in [0.2, 0.25) is 0 Å². The van der Waals surface area contributed by atoms with Crippen molar-refractivity contribution in [1.29, 1.82) is 0 Å². The van der Waals surface area contributed by atoms with Crippen LogP contribution >= 0.6 is 0 Å². The first-order chi connectivity index (χ1) is 10.9. The number of rotatable bonds is 4. The van der Waals surface area contributed by atoms with Gasteiger partial charge in [0.1, 0.15) is 0 Å². The van der Waals surface area contributed by atoms with Crippen molar-refractivity contribution in [3.05, 3.63) is 64.8 Å². The van der Waals surface area contributed by atoms with Gasteiger partial charge in [0, 0.05) is 36.3 Å². The Hall–Kier alpha value is -2.87. The maximum absolute atomic E-state index is 12.5. The zero-order valence-electron chi connectivity index (χ0n) is 12.1. The van der Waals surface area contributed by atoms with E-state index in [1.54, 1.807) is 16.8 Å². The molecule has 0 bridgehead atoms. The number of aromatic nitrogens is 1. The lowest BCUT2D eigenvalue weighted by atomic mass is 10.2. The highest BCUT2D eigenvalue weighted by Gasteiger charge is 2.19. The average molecular weight is 331 g/mol. The molecule has 0 spiro atoms. The number of non-ortho nitro benzene ring substituents is 1. The van der Waals surface area contributed by atoms with Crippen molar-refractivity contribution in [3.63, 3.8) is 0 Å². The summed E-state index contributed by atoms with van der Waals surface area (Å²) in [5.41, 5.74) is 1.03. The van der Waals surface area contributed by atoms with Gasteiger partial charge in [-0.2, -0.15) is 0 Å². The smallest absolute Gasteiger partial charge is 0.270 e. The monoisotopic (exact) mass is 331 g/mol. The molecule has 0 unspecified atom stereocenters. The van der Waals surface area contributed by atoms with Crippen LogP contribution in [0.1, 0.15) is 0 Å². The molecule has 0 saturated carbocycles. The van der Waals surface area contributed by atoms with Gasteiger partial charge in [0.05, 0.1) is 15.5 Å². The fraction of sp³-hybridized carbons (Fsp3) is 0.0667. The molecule has 0 aliphatic carbocycles. The minimum Gasteiger partial charge on any atom is -0.348 e. The van der Waals surface area contributed by atoms with Crippen LogP contribution in [0, 0.1) is 10.1 Å². The van der Waals surface area contributed by atoms with Gasteiger partial charge in [-0.05, 0) is 12.1 Å². The standard InChI is InChI=1S/C15H13N3O4S/c1-17-10-14(13-7-2-3-8-15(13)17)16-23(21,22)12-6-4-5-11(9-12)18(19)20/h2-10,16H,1H3. The predicted octanol–water partition coefficient (Wildman–Crippen LogP) is 2.89. The molecule has 0 aliphatic heterocycles. The number of nitro groups is 1. The van der Waals surface area contributed by atoms with Gasteiger partial charge < -0.3 is 4.57 Å². The van der Waals surface area contributed by atoms with Crippen molar-refractivity contribution in [3.8, 4) is 0 Å². The summed E-state index contributed by atoms with van der Waals surface area (Å²) in [7, 11) is -2.10. The molecule has 0 saturated heterocycles. The van der Waals surface area contributed by atoms with Crippen LogP contribution in [0.5, 0.6) is 0 Å². The molecule has 0 fully saturated rings. The molecule has 3 rings (SSSR count). The number of hydrogen-bond acceptors (Lipinski definition) is 4. The van der Waals surface area contributed by atoms with Crippen LogP contribution in [-0.2, 0) is 17.1 Å². The number of nitro benzene ring substituents is 1. The molecule has 118 valence electrons. The highest BCUT2D eigenvalue weighted by molar-refractivity contribution is 7.92. The van der Waals surface area contributed by atoms with Crippen molar-refractivity contribution in [2.24, 2.45) is 7.05 Å². The quantitative estimate of drug-likeness (QED) is 0.587. The fourth-order valence-electron chi connectivity index (χ4n) is 2.39. The number of anilines is 1. The number of aryl methyl sites for hydroxylation is 1. The van der Waals surface area contributed by atoms with E-state index in [2.05, 4.69) is 4.72 Å². The summed E-state index contributed by atoms with van der Waals surface area (Å²) >= 11 is 0. The number of hydrogen-bond donors (Lipinski definition) is 1. The van der Waals surface area contributed by atoms with E-state index in [0.717, 1.165) is 17.0 Å². The summed E-state index contributed by atoms with van der Waals surface area (Å²) in [4.78, 5) is 10.0. The highest BCUT2D eigenvalue weighted by Crippen LogP contribution is 2.28. The van der Waals surface area contributed by atoms with Gasteiger partial charge in [-0.15, -0.1) is 0 Å². The van der Waals surface area contributed by atoms with Crippen LogP contribution in [0.3, 0.4) is 0 Å². The van der Waals surface area contributed by atoms with Crippen LogP contribution < -0.4 is 4.72 Å². The molecule has 1 heterocycles. The van der Waals surface area contributed by atoms with E-state index in [1.807, 2.05) is 25.2 Å². The summed E-state index contributed by atoms with van der Waals surface area (Å²) in [5.74, 6) is 0. The summed E-state index contributed by atoms with van der Waals surface area (Å²) in [6.07, 6.45) is 1.67. The Morgan fingerprint density at radius 1 is 1.13 bits per heavy atom. The first kappa shape index (κ1) is 15.0. The van der Waals surface area contributed by atoms with Crippen molar-refractivity contribution in [2.75, 3.05) is 4.72 Å². The first-order valence-corrected chi connectivity index (χ1v) is 8.18. The third-order valence-corrected chi connectivity index (χ3v) is 4.84. The second kappa shape index (κ2) is 5.40. The molecule has 23 heavy (non-hydrogen) atoms. The maximum Gasteiger partial charge on any atom is 0.270 e. The Morgan fingerprint density at radius 3 is 2.61 bits per heavy atom. The molecule has 0 amide bonds. The number of nitrogens with zero attached hydrogens (tertiary/aromatic N) is 2.